The van der Waals surface area contributed by atoms with Gasteiger partial charge in [-0.2, -0.15) is 5.10 Å². The second-order valence-corrected chi connectivity index (χ2v) is 8.31. The van der Waals surface area contributed by atoms with Crippen molar-refractivity contribution in [2.45, 2.75) is 51.1 Å². The maximum absolute atomic E-state index is 13.0. The molecule has 0 bridgehead atoms. The molecule has 1 N–H and O–H groups in total. The number of aromatic nitrogens is 4. The average Bonchev–Trinajstić information content (AvgIpc) is 3.29. The van der Waals surface area contributed by atoms with Crippen molar-refractivity contribution < 1.29 is 9.59 Å². The lowest BCUT2D eigenvalue weighted by Gasteiger charge is -2.50. The number of nitrogens with one attached hydrogen (secondary N) is 1. The van der Waals surface area contributed by atoms with Gasteiger partial charge in [0, 0.05) is 43.9 Å². The van der Waals surface area contributed by atoms with E-state index in [0.29, 0.717) is 13.1 Å². The van der Waals surface area contributed by atoms with Gasteiger partial charge in [0.1, 0.15) is 6.54 Å². The minimum absolute atomic E-state index is 0.0797. The smallest absolute Gasteiger partial charge is 0.244 e. The van der Waals surface area contributed by atoms with Crippen LogP contribution in [-0.4, -0.2) is 61.0 Å². The van der Waals surface area contributed by atoms with Gasteiger partial charge in [0.25, 0.3) is 0 Å². The molecule has 1 aliphatic carbocycles. The second-order valence-electron chi connectivity index (χ2n) is 8.31. The SMILES string of the molecule is Cc1ccn(CC(=O)N2CCC3(CC2)c2nc[nH]c2CCN3C(=O)C2CC2)n1. The highest BCUT2D eigenvalue weighted by molar-refractivity contribution is 5.82. The van der Waals surface area contributed by atoms with Gasteiger partial charge < -0.3 is 14.8 Å². The average molecular weight is 382 g/mol. The fraction of sp³-hybridized carbons (Fsp3) is 0.600. The number of carbonyl (C=O) groups excluding carboxylic acids is 2. The normalized spacial score (nSPS) is 21.0. The van der Waals surface area contributed by atoms with Gasteiger partial charge in [0.2, 0.25) is 11.8 Å². The van der Waals surface area contributed by atoms with Crippen molar-refractivity contribution in [2.24, 2.45) is 5.92 Å². The van der Waals surface area contributed by atoms with Crippen LogP contribution in [-0.2, 0) is 28.1 Å². The first-order chi connectivity index (χ1) is 13.6. The maximum Gasteiger partial charge on any atom is 0.244 e. The van der Waals surface area contributed by atoms with Crippen molar-refractivity contribution in [3.05, 3.63) is 35.7 Å². The highest BCUT2D eigenvalue weighted by atomic mass is 16.2. The highest BCUT2D eigenvalue weighted by Crippen LogP contribution is 2.45. The molecule has 8 nitrogen and oxygen atoms in total. The number of hydrogen-bond donors (Lipinski definition) is 1. The zero-order chi connectivity index (χ0) is 19.3. The Bertz CT molecular complexity index is 903. The number of H-pyrrole nitrogens is 1. The maximum atomic E-state index is 13.0. The van der Waals surface area contributed by atoms with Crippen LogP contribution in [0.15, 0.2) is 18.6 Å². The van der Waals surface area contributed by atoms with E-state index in [1.54, 1.807) is 11.0 Å². The van der Waals surface area contributed by atoms with Crippen LogP contribution in [0.2, 0.25) is 0 Å². The summed E-state index contributed by atoms with van der Waals surface area (Å²) in [5.74, 6) is 0.552. The quantitative estimate of drug-likeness (QED) is 0.865. The number of nitrogens with zero attached hydrogens (tertiary/aromatic N) is 5. The van der Waals surface area contributed by atoms with Gasteiger partial charge >= 0.3 is 0 Å². The second kappa shape index (κ2) is 6.46. The number of rotatable bonds is 3. The van der Waals surface area contributed by atoms with Crippen LogP contribution in [0, 0.1) is 12.8 Å². The molecular formula is C20H26N6O2. The summed E-state index contributed by atoms with van der Waals surface area (Å²) in [4.78, 5) is 37.6. The van der Waals surface area contributed by atoms with Crippen molar-refractivity contribution in [3.63, 3.8) is 0 Å². The molecule has 148 valence electrons. The van der Waals surface area contributed by atoms with Crippen LogP contribution in [0.5, 0.6) is 0 Å². The van der Waals surface area contributed by atoms with E-state index in [2.05, 4.69) is 20.0 Å². The first-order valence-corrected chi connectivity index (χ1v) is 10.2. The van der Waals surface area contributed by atoms with Gasteiger partial charge in [-0.1, -0.05) is 0 Å². The zero-order valence-corrected chi connectivity index (χ0v) is 16.2. The molecule has 2 fully saturated rings. The molecule has 1 spiro atoms. The van der Waals surface area contributed by atoms with Crippen molar-refractivity contribution in [1.29, 1.82) is 0 Å². The summed E-state index contributed by atoms with van der Waals surface area (Å²) < 4.78 is 1.69. The largest absolute Gasteiger partial charge is 0.348 e. The third kappa shape index (κ3) is 2.82. The molecule has 2 aromatic rings. The van der Waals surface area contributed by atoms with Crippen LogP contribution in [0.3, 0.4) is 0 Å². The molecule has 8 heteroatoms. The van der Waals surface area contributed by atoms with E-state index in [-0.39, 0.29) is 29.8 Å². The number of aromatic amines is 1. The van der Waals surface area contributed by atoms with Gasteiger partial charge in [0.05, 0.1) is 23.3 Å². The van der Waals surface area contributed by atoms with Crippen LogP contribution in [0.25, 0.3) is 0 Å². The summed E-state index contributed by atoms with van der Waals surface area (Å²) in [6.45, 7) is 4.20. The summed E-state index contributed by atoms with van der Waals surface area (Å²) in [6, 6.07) is 1.90. The molecule has 0 radical (unpaired) electrons. The Labute approximate surface area is 163 Å². The number of hydrogen-bond acceptors (Lipinski definition) is 4. The molecule has 2 aliphatic heterocycles. The van der Waals surface area contributed by atoms with E-state index in [4.69, 9.17) is 0 Å². The lowest BCUT2D eigenvalue weighted by Crippen LogP contribution is -2.59. The van der Waals surface area contributed by atoms with Gasteiger partial charge in [-0.3, -0.25) is 14.3 Å². The van der Waals surface area contributed by atoms with Crippen molar-refractivity contribution in [1.82, 2.24) is 29.5 Å². The molecule has 0 unspecified atom stereocenters. The van der Waals surface area contributed by atoms with Crippen LogP contribution in [0.4, 0.5) is 0 Å². The van der Waals surface area contributed by atoms with Crippen LogP contribution >= 0.6 is 0 Å². The lowest BCUT2D eigenvalue weighted by molar-refractivity contribution is -0.145. The van der Waals surface area contributed by atoms with Crippen LogP contribution in [0.1, 0.15) is 42.8 Å². The van der Waals surface area contributed by atoms with E-state index in [0.717, 1.165) is 55.7 Å². The van der Waals surface area contributed by atoms with E-state index < -0.39 is 0 Å². The summed E-state index contributed by atoms with van der Waals surface area (Å²) in [7, 11) is 0. The van der Waals surface area contributed by atoms with Gasteiger partial charge in [-0.25, -0.2) is 4.98 Å². The van der Waals surface area contributed by atoms with Crippen molar-refractivity contribution in [2.75, 3.05) is 19.6 Å². The van der Waals surface area contributed by atoms with Crippen molar-refractivity contribution in [3.8, 4) is 0 Å². The highest BCUT2D eigenvalue weighted by Gasteiger charge is 2.51. The molecule has 28 heavy (non-hydrogen) atoms. The molecule has 0 atom stereocenters. The first kappa shape index (κ1) is 17.5. The summed E-state index contributed by atoms with van der Waals surface area (Å²) in [5, 5.41) is 4.32. The molecule has 2 amide bonds. The van der Waals surface area contributed by atoms with Gasteiger partial charge in [-0.05, 0) is 38.7 Å². The standard InChI is InChI=1S/C20H26N6O2/c1-14-4-8-25(23-14)12-17(27)24-10-6-20(7-11-24)18-16(21-13-22-18)5-9-26(20)19(28)15-2-3-15/h4,8,13,15H,2-3,5-7,9-12H2,1H3,(H,21,22). The van der Waals surface area contributed by atoms with E-state index >= 15 is 0 Å². The number of fused-ring (bicyclic) bond motifs is 2. The van der Waals surface area contributed by atoms with E-state index in [1.807, 2.05) is 24.1 Å². The third-order valence-corrected chi connectivity index (χ3v) is 6.47. The fourth-order valence-corrected chi connectivity index (χ4v) is 4.77. The molecule has 1 saturated heterocycles. The van der Waals surface area contributed by atoms with E-state index in [9.17, 15) is 9.59 Å². The Kier molecular flexibility index (Phi) is 4.03. The van der Waals surface area contributed by atoms with Gasteiger partial charge in [-0.15, -0.1) is 0 Å². The number of likely N-dealkylation sites (tertiary alicyclic amines) is 1. The van der Waals surface area contributed by atoms with Crippen LogP contribution < -0.4 is 0 Å². The fourth-order valence-electron chi connectivity index (χ4n) is 4.77. The lowest BCUT2D eigenvalue weighted by atomic mass is 9.78. The molecule has 2 aromatic heterocycles. The number of carbonyl (C=O) groups is 2. The molecular weight excluding hydrogens is 356 g/mol. The Hall–Kier alpha value is -2.64. The first-order valence-electron chi connectivity index (χ1n) is 10.2. The Morgan fingerprint density at radius 3 is 2.71 bits per heavy atom. The number of imidazole rings is 1. The number of aryl methyl sites for hydroxylation is 1. The summed E-state index contributed by atoms with van der Waals surface area (Å²) in [6.07, 6.45) is 7.91. The minimum atomic E-state index is -0.369. The minimum Gasteiger partial charge on any atom is -0.348 e. The monoisotopic (exact) mass is 382 g/mol. The van der Waals surface area contributed by atoms with Gasteiger partial charge in [0.15, 0.2) is 0 Å². The Morgan fingerprint density at radius 2 is 2.04 bits per heavy atom. The van der Waals surface area contributed by atoms with E-state index in [1.165, 1.54) is 0 Å². The molecule has 4 heterocycles. The summed E-state index contributed by atoms with van der Waals surface area (Å²) in [5.41, 5.74) is 2.70. The van der Waals surface area contributed by atoms with Crippen molar-refractivity contribution >= 4 is 11.8 Å². The number of amides is 2. The Balaban J connectivity index is 1.35. The topological polar surface area (TPSA) is 87.1 Å². The molecule has 1 saturated carbocycles. The molecule has 3 aliphatic rings. The molecule has 5 rings (SSSR count). The number of piperidine rings is 1. The summed E-state index contributed by atoms with van der Waals surface area (Å²) >= 11 is 0. The third-order valence-electron chi connectivity index (χ3n) is 6.47. The Morgan fingerprint density at radius 1 is 1.25 bits per heavy atom. The predicted octanol–water partition coefficient (Wildman–Crippen LogP) is 1.23. The zero-order valence-electron chi connectivity index (χ0n) is 16.2. The molecule has 0 aromatic carbocycles. The predicted molar refractivity (Wildman–Crippen MR) is 101 cm³/mol.